The van der Waals surface area contributed by atoms with Gasteiger partial charge in [-0.3, -0.25) is 4.79 Å². The lowest BCUT2D eigenvalue weighted by molar-refractivity contribution is -0.121. The molecule has 0 bridgehead atoms. The Morgan fingerprint density at radius 2 is 1.89 bits per heavy atom. The molecule has 1 amide bonds. The van der Waals surface area contributed by atoms with Crippen LogP contribution in [0.15, 0.2) is 55.0 Å². The lowest BCUT2D eigenvalue weighted by Crippen LogP contribution is -2.27. The number of rotatable bonds is 6. The molecule has 1 fully saturated rings. The number of fused-ring (bicyclic) bond motifs is 1. The molecular formula is C26H28N6O3. The second-order valence-electron chi connectivity index (χ2n) is 9.00. The molecule has 1 aliphatic rings. The van der Waals surface area contributed by atoms with Gasteiger partial charge in [0, 0.05) is 36.1 Å². The number of benzene rings is 1. The van der Waals surface area contributed by atoms with E-state index in [1.165, 1.54) is 0 Å². The first-order valence-corrected chi connectivity index (χ1v) is 12.0. The maximum Gasteiger partial charge on any atom is 0.343 e. The third-order valence-corrected chi connectivity index (χ3v) is 6.50. The third-order valence-electron chi connectivity index (χ3n) is 6.50. The third kappa shape index (κ3) is 4.80. The normalized spacial score (nSPS) is 17.9. The number of carbonyl (C=O) groups excluding carboxylic acids is 2. The summed E-state index contributed by atoms with van der Waals surface area (Å²) in [7, 11) is 0. The molecule has 0 unspecified atom stereocenters. The molecular weight excluding hydrogens is 444 g/mol. The minimum absolute atomic E-state index is 0.0643. The number of anilines is 1. The average molecular weight is 473 g/mol. The molecule has 4 aromatic rings. The second-order valence-corrected chi connectivity index (χ2v) is 9.00. The number of hydrogen-bond donors (Lipinski definition) is 1. The zero-order valence-corrected chi connectivity index (χ0v) is 19.8. The quantitative estimate of drug-likeness (QED) is 0.414. The van der Waals surface area contributed by atoms with E-state index in [9.17, 15) is 9.59 Å². The number of esters is 1. The van der Waals surface area contributed by atoms with E-state index in [-0.39, 0.29) is 29.8 Å². The number of nitrogens with zero attached hydrogens (tertiary/aromatic N) is 5. The van der Waals surface area contributed by atoms with Gasteiger partial charge in [-0.2, -0.15) is 5.10 Å². The van der Waals surface area contributed by atoms with E-state index in [0.29, 0.717) is 5.92 Å². The van der Waals surface area contributed by atoms with Crippen LogP contribution in [0.5, 0.6) is 0 Å². The molecule has 0 atom stereocenters. The van der Waals surface area contributed by atoms with Crippen molar-refractivity contribution in [1.29, 1.82) is 0 Å². The Kier molecular flexibility index (Phi) is 6.31. The fourth-order valence-corrected chi connectivity index (χ4v) is 4.45. The number of carbonyl (C=O) groups is 2. The monoisotopic (exact) mass is 472 g/mol. The van der Waals surface area contributed by atoms with Crippen molar-refractivity contribution >= 4 is 23.3 Å². The minimum Gasteiger partial charge on any atom is -0.462 e. The largest absolute Gasteiger partial charge is 0.462 e. The van der Waals surface area contributed by atoms with Crippen molar-refractivity contribution in [3.63, 3.8) is 0 Å². The van der Waals surface area contributed by atoms with Crippen molar-refractivity contribution in [2.75, 3.05) is 11.9 Å². The zero-order valence-electron chi connectivity index (χ0n) is 19.8. The van der Waals surface area contributed by atoms with Crippen molar-refractivity contribution in [2.45, 2.75) is 39.5 Å². The fraction of sp³-hybridized carbons (Fsp3) is 0.346. The van der Waals surface area contributed by atoms with Crippen LogP contribution < -0.4 is 5.32 Å². The molecule has 1 aliphatic carbocycles. The number of nitrogens with one attached hydrogen (secondary N) is 1. The van der Waals surface area contributed by atoms with Crippen LogP contribution in [0.3, 0.4) is 0 Å². The summed E-state index contributed by atoms with van der Waals surface area (Å²) in [6, 6.07) is 11.4. The first-order valence-electron chi connectivity index (χ1n) is 12.0. The smallest absolute Gasteiger partial charge is 0.343 e. The summed E-state index contributed by atoms with van der Waals surface area (Å²) in [6.07, 6.45) is 8.95. The van der Waals surface area contributed by atoms with E-state index in [0.717, 1.165) is 48.3 Å². The van der Waals surface area contributed by atoms with Crippen molar-refractivity contribution in [1.82, 2.24) is 24.4 Å². The molecule has 1 aromatic carbocycles. The molecule has 5 rings (SSSR count). The minimum atomic E-state index is -0.514. The maximum atomic E-state index is 12.9. The lowest BCUT2D eigenvalue weighted by atomic mass is 9.82. The molecule has 1 saturated carbocycles. The summed E-state index contributed by atoms with van der Waals surface area (Å²) in [5.41, 5.74) is 3.48. The highest BCUT2D eigenvalue weighted by molar-refractivity contribution is 6.00. The van der Waals surface area contributed by atoms with Gasteiger partial charge in [0.05, 0.1) is 18.0 Å². The van der Waals surface area contributed by atoms with Gasteiger partial charge in [-0.15, -0.1) is 5.10 Å². The summed E-state index contributed by atoms with van der Waals surface area (Å²) in [4.78, 5) is 29.8. The summed E-state index contributed by atoms with van der Waals surface area (Å²) in [5, 5.41) is 12.0. The molecule has 35 heavy (non-hydrogen) atoms. The molecule has 0 saturated heterocycles. The van der Waals surface area contributed by atoms with Crippen LogP contribution in [0.4, 0.5) is 5.82 Å². The molecule has 0 radical (unpaired) electrons. The Hall–Kier alpha value is -4.01. The van der Waals surface area contributed by atoms with Gasteiger partial charge in [-0.1, -0.05) is 19.1 Å². The van der Waals surface area contributed by atoms with Crippen molar-refractivity contribution in [2.24, 2.45) is 11.8 Å². The standard InChI is InChI=1S/C26H28N6O3/c1-3-35-26(34)21-16-32(30-24(21)28-25(33)19-7-5-17(2)6-8-19)20-11-9-18(10-12-20)22-15-23-27-13-4-14-31(23)29-22/h4,9-17,19H,3,5-8H2,1-2H3,(H,28,30,33). The van der Waals surface area contributed by atoms with Gasteiger partial charge in [0.15, 0.2) is 11.5 Å². The van der Waals surface area contributed by atoms with Crippen molar-refractivity contribution in [3.8, 4) is 16.9 Å². The Morgan fingerprint density at radius 3 is 2.60 bits per heavy atom. The van der Waals surface area contributed by atoms with Crippen LogP contribution in [0.1, 0.15) is 49.9 Å². The van der Waals surface area contributed by atoms with Gasteiger partial charge in [-0.05, 0) is 56.7 Å². The molecule has 180 valence electrons. The van der Waals surface area contributed by atoms with Crippen LogP contribution >= 0.6 is 0 Å². The second kappa shape index (κ2) is 9.69. The maximum absolute atomic E-state index is 12.9. The Labute approximate surface area is 203 Å². The summed E-state index contributed by atoms with van der Waals surface area (Å²) in [5.74, 6) is 0.199. The predicted octanol–water partition coefficient (Wildman–Crippen LogP) is 4.52. The number of amides is 1. The number of ether oxygens (including phenoxy) is 1. The summed E-state index contributed by atoms with van der Waals surface area (Å²) < 4.78 is 8.51. The molecule has 0 spiro atoms. The summed E-state index contributed by atoms with van der Waals surface area (Å²) >= 11 is 0. The van der Waals surface area contributed by atoms with Gasteiger partial charge in [0.25, 0.3) is 0 Å². The summed E-state index contributed by atoms with van der Waals surface area (Å²) in [6.45, 7) is 4.20. The molecule has 0 aliphatic heterocycles. The van der Waals surface area contributed by atoms with E-state index in [4.69, 9.17) is 4.74 Å². The van der Waals surface area contributed by atoms with E-state index >= 15 is 0 Å². The molecule has 1 N–H and O–H groups in total. The van der Waals surface area contributed by atoms with Gasteiger partial charge >= 0.3 is 5.97 Å². The highest BCUT2D eigenvalue weighted by Gasteiger charge is 2.27. The molecule has 3 aromatic heterocycles. The molecule has 3 heterocycles. The SMILES string of the molecule is CCOC(=O)c1cn(-c2ccc(-c3cc4ncccn4n3)cc2)nc1NC(=O)C1CCC(C)CC1. The Balaban J connectivity index is 1.40. The van der Waals surface area contributed by atoms with Crippen LogP contribution in [0.2, 0.25) is 0 Å². The first kappa shape index (κ1) is 22.8. The lowest BCUT2D eigenvalue weighted by Gasteiger charge is -2.24. The van der Waals surface area contributed by atoms with Crippen LogP contribution in [-0.2, 0) is 9.53 Å². The fourth-order valence-electron chi connectivity index (χ4n) is 4.45. The molecule has 9 heteroatoms. The topological polar surface area (TPSA) is 103 Å². The average Bonchev–Trinajstić information content (AvgIpc) is 3.49. The molecule has 9 nitrogen and oxygen atoms in total. The zero-order chi connectivity index (χ0) is 24.4. The van der Waals surface area contributed by atoms with E-state index in [2.05, 4.69) is 27.4 Å². The van der Waals surface area contributed by atoms with E-state index < -0.39 is 5.97 Å². The van der Waals surface area contributed by atoms with Crippen LogP contribution in [0.25, 0.3) is 22.6 Å². The van der Waals surface area contributed by atoms with Crippen molar-refractivity contribution in [3.05, 3.63) is 60.6 Å². The first-order chi connectivity index (χ1) is 17.0. The number of hydrogen-bond acceptors (Lipinski definition) is 6. The van der Waals surface area contributed by atoms with Crippen LogP contribution in [0, 0.1) is 11.8 Å². The predicted molar refractivity (Wildman–Crippen MR) is 131 cm³/mol. The van der Waals surface area contributed by atoms with E-state index in [1.807, 2.05) is 42.6 Å². The Bertz CT molecular complexity index is 1320. The van der Waals surface area contributed by atoms with Crippen LogP contribution in [-0.4, -0.2) is 42.9 Å². The highest BCUT2D eigenvalue weighted by atomic mass is 16.5. The highest BCUT2D eigenvalue weighted by Crippen LogP contribution is 2.30. The Morgan fingerprint density at radius 1 is 1.11 bits per heavy atom. The van der Waals surface area contributed by atoms with Gasteiger partial charge < -0.3 is 10.1 Å². The van der Waals surface area contributed by atoms with Gasteiger partial charge in [0.1, 0.15) is 5.56 Å². The number of aromatic nitrogens is 5. The van der Waals surface area contributed by atoms with Gasteiger partial charge in [-0.25, -0.2) is 19.0 Å². The van der Waals surface area contributed by atoms with Crippen molar-refractivity contribution < 1.29 is 14.3 Å². The van der Waals surface area contributed by atoms with Gasteiger partial charge in [0.2, 0.25) is 5.91 Å². The van der Waals surface area contributed by atoms with E-state index in [1.54, 1.807) is 28.5 Å².